The normalized spacial score (nSPS) is 10.7. The summed E-state index contributed by atoms with van der Waals surface area (Å²) in [6, 6.07) is 28.1. The Morgan fingerprint density at radius 3 is 2.19 bits per heavy atom. The maximum atomic E-state index is 6.27. The number of aromatic nitrogens is 2. The molecule has 4 rings (SSSR count). The third-order valence-electron chi connectivity index (χ3n) is 4.20. The third-order valence-corrected chi connectivity index (χ3v) is 4.53. The van der Waals surface area contributed by atoms with E-state index in [1.165, 1.54) is 0 Å². The summed E-state index contributed by atoms with van der Waals surface area (Å²) in [6.07, 6.45) is 2.07. The van der Waals surface area contributed by atoms with Gasteiger partial charge < -0.3 is 5.32 Å². The highest BCUT2D eigenvalue weighted by atomic mass is 35.5. The first kappa shape index (κ1) is 16.4. The summed E-state index contributed by atoms with van der Waals surface area (Å²) < 4.78 is 1.92. The fourth-order valence-electron chi connectivity index (χ4n) is 2.89. The predicted molar refractivity (Wildman–Crippen MR) is 108 cm³/mol. The Morgan fingerprint density at radius 2 is 1.46 bits per heavy atom. The molecule has 0 aliphatic carbocycles. The lowest BCUT2D eigenvalue weighted by Crippen LogP contribution is -2.00. The van der Waals surface area contributed by atoms with Crippen molar-refractivity contribution < 1.29 is 0 Å². The van der Waals surface area contributed by atoms with Crippen molar-refractivity contribution in [3.05, 3.63) is 102 Å². The van der Waals surface area contributed by atoms with Crippen molar-refractivity contribution in [2.24, 2.45) is 0 Å². The van der Waals surface area contributed by atoms with Crippen LogP contribution in [0.4, 0.5) is 5.69 Å². The van der Waals surface area contributed by atoms with Crippen molar-refractivity contribution in [1.29, 1.82) is 0 Å². The molecule has 4 aromatic rings. The van der Waals surface area contributed by atoms with Gasteiger partial charge in [-0.1, -0.05) is 72.3 Å². The summed E-state index contributed by atoms with van der Waals surface area (Å²) >= 11 is 6.27. The van der Waals surface area contributed by atoms with Crippen LogP contribution in [0.5, 0.6) is 0 Å². The van der Waals surface area contributed by atoms with Gasteiger partial charge in [0.05, 0.1) is 22.1 Å². The van der Waals surface area contributed by atoms with Crippen LogP contribution in [-0.4, -0.2) is 9.78 Å². The smallest absolute Gasteiger partial charge is 0.0977 e. The van der Waals surface area contributed by atoms with Crippen LogP contribution < -0.4 is 5.32 Å². The van der Waals surface area contributed by atoms with Gasteiger partial charge in [-0.25, -0.2) is 4.68 Å². The van der Waals surface area contributed by atoms with Crippen LogP contribution in [0.25, 0.3) is 16.9 Å². The van der Waals surface area contributed by atoms with Gasteiger partial charge in [0, 0.05) is 23.9 Å². The minimum atomic E-state index is 0.640. The van der Waals surface area contributed by atoms with E-state index in [-0.39, 0.29) is 0 Å². The van der Waals surface area contributed by atoms with Gasteiger partial charge in [0.2, 0.25) is 0 Å². The third kappa shape index (κ3) is 3.48. The second-order valence-electron chi connectivity index (χ2n) is 5.98. The van der Waals surface area contributed by atoms with Crippen LogP contribution in [0.15, 0.2) is 91.1 Å². The standard InChI is InChI=1S/C22H18ClN3/c23-20-13-7-8-14-21(20)24-15-18-16-26(19-11-5-2-6-12-19)25-22(18)17-9-3-1-4-10-17/h1-14,16,24H,15H2. The maximum Gasteiger partial charge on any atom is 0.0977 e. The van der Waals surface area contributed by atoms with E-state index in [4.69, 9.17) is 16.7 Å². The van der Waals surface area contributed by atoms with Crippen LogP contribution in [0.1, 0.15) is 5.56 Å². The van der Waals surface area contributed by atoms with E-state index in [9.17, 15) is 0 Å². The van der Waals surface area contributed by atoms with E-state index in [0.717, 1.165) is 28.2 Å². The molecule has 0 fully saturated rings. The lowest BCUT2D eigenvalue weighted by molar-refractivity contribution is 0.883. The van der Waals surface area contributed by atoms with E-state index in [1.54, 1.807) is 0 Å². The quantitative estimate of drug-likeness (QED) is 0.487. The van der Waals surface area contributed by atoms with Gasteiger partial charge in [-0.2, -0.15) is 5.10 Å². The first-order chi connectivity index (χ1) is 12.8. The fraction of sp³-hybridized carbons (Fsp3) is 0.0455. The van der Waals surface area contributed by atoms with Crippen molar-refractivity contribution >= 4 is 17.3 Å². The molecule has 128 valence electrons. The summed E-state index contributed by atoms with van der Waals surface area (Å²) in [4.78, 5) is 0. The van der Waals surface area contributed by atoms with Crippen LogP contribution in [-0.2, 0) is 6.54 Å². The van der Waals surface area contributed by atoms with Crippen molar-refractivity contribution in [3.63, 3.8) is 0 Å². The van der Waals surface area contributed by atoms with Crippen molar-refractivity contribution in [2.75, 3.05) is 5.32 Å². The van der Waals surface area contributed by atoms with Gasteiger partial charge in [-0.15, -0.1) is 0 Å². The highest BCUT2D eigenvalue weighted by molar-refractivity contribution is 6.33. The highest BCUT2D eigenvalue weighted by Crippen LogP contribution is 2.26. The monoisotopic (exact) mass is 359 g/mol. The number of halogens is 1. The van der Waals surface area contributed by atoms with E-state index < -0.39 is 0 Å². The van der Waals surface area contributed by atoms with Gasteiger partial charge >= 0.3 is 0 Å². The Bertz CT molecular complexity index is 994. The number of nitrogens with zero attached hydrogens (tertiary/aromatic N) is 2. The summed E-state index contributed by atoms with van der Waals surface area (Å²) in [6.45, 7) is 0.640. The number of benzene rings is 3. The Labute approximate surface area is 157 Å². The maximum absolute atomic E-state index is 6.27. The molecule has 1 aromatic heterocycles. The number of para-hydroxylation sites is 2. The molecule has 3 aromatic carbocycles. The predicted octanol–water partition coefficient (Wildman–Crippen LogP) is 5.80. The molecular weight excluding hydrogens is 342 g/mol. The average Bonchev–Trinajstić information content (AvgIpc) is 3.13. The molecule has 4 heteroatoms. The fourth-order valence-corrected chi connectivity index (χ4v) is 3.09. The number of rotatable bonds is 5. The topological polar surface area (TPSA) is 29.9 Å². The second kappa shape index (κ2) is 7.46. The zero-order chi connectivity index (χ0) is 17.8. The van der Waals surface area contributed by atoms with Crippen LogP contribution in [0.2, 0.25) is 5.02 Å². The minimum absolute atomic E-state index is 0.640. The van der Waals surface area contributed by atoms with Gasteiger partial charge in [-0.3, -0.25) is 0 Å². The molecule has 0 unspecified atom stereocenters. The van der Waals surface area contributed by atoms with E-state index in [0.29, 0.717) is 11.6 Å². The first-order valence-corrected chi connectivity index (χ1v) is 8.87. The Hall–Kier alpha value is -3.04. The molecule has 0 radical (unpaired) electrons. The summed E-state index contributed by atoms with van der Waals surface area (Å²) in [5.41, 5.74) is 5.13. The SMILES string of the molecule is Clc1ccccc1NCc1cn(-c2ccccc2)nc1-c1ccccc1. The van der Waals surface area contributed by atoms with Crippen LogP contribution in [0.3, 0.4) is 0 Å². The van der Waals surface area contributed by atoms with Gasteiger partial charge in [0.15, 0.2) is 0 Å². The number of hydrogen-bond acceptors (Lipinski definition) is 2. The van der Waals surface area contributed by atoms with Gasteiger partial charge in [0.1, 0.15) is 0 Å². The van der Waals surface area contributed by atoms with E-state index in [1.807, 2.05) is 77.5 Å². The molecule has 1 N–H and O–H groups in total. The molecule has 0 saturated heterocycles. The van der Waals surface area contributed by atoms with Crippen molar-refractivity contribution in [3.8, 4) is 16.9 Å². The largest absolute Gasteiger partial charge is 0.380 e. The minimum Gasteiger partial charge on any atom is -0.380 e. The molecule has 0 atom stereocenters. The highest BCUT2D eigenvalue weighted by Gasteiger charge is 2.12. The second-order valence-corrected chi connectivity index (χ2v) is 6.39. The lowest BCUT2D eigenvalue weighted by atomic mass is 10.1. The Balaban J connectivity index is 1.70. The molecule has 0 saturated carbocycles. The molecule has 1 heterocycles. The molecule has 0 amide bonds. The van der Waals surface area contributed by atoms with Crippen LogP contribution >= 0.6 is 11.6 Å². The number of nitrogens with one attached hydrogen (secondary N) is 1. The summed E-state index contributed by atoms with van der Waals surface area (Å²) in [5.74, 6) is 0. The number of hydrogen-bond donors (Lipinski definition) is 1. The van der Waals surface area contributed by atoms with Crippen molar-refractivity contribution in [1.82, 2.24) is 9.78 Å². The summed E-state index contributed by atoms with van der Waals surface area (Å²) in [5, 5.41) is 8.96. The molecule has 26 heavy (non-hydrogen) atoms. The van der Waals surface area contributed by atoms with Gasteiger partial charge in [-0.05, 0) is 24.3 Å². The molecule has 0 bridgehead atoms. The van der Waals surface area contributed by atoms with Crippen LogP contribution in [0, 0.1) is 0 Å². The Kier molecular flexibility index (Phi) is 4.71. The zero-order valence-electron chi connectivity index (χ0n) is 14.1. The van der Waals surface area contributed by atoms with Gasteiger partial charge in [0.25, 0.3) is 0 Å². The lowest BCUT2D eigenvalue weighted by Gasteiger charge is -2.08. The van der Waals surface area contributed by atoms with E-state index >= 15 is 0 Å². The molecule has 3 nitrogen and oxygen atoms in total. The first-order valence-electron chi connectivity index (χ1n) is 8.49. The van der Waals surface area contributed by atoms with E-state index in [2.05, 4.69) is 23.6 Å². The average molecular weight is 360 g/mol. The molecule has 0 spiro atoms. The molecule has 0 aliphatic rings. The van der Waals surface area contributed by atoms with Crippen molar-refractivity contribution in [2.45, 2.75) is 6.54 Å². The Morgan fingerprint density at radius 1 is 0.808 bits per heavy atom. The summed E-state index contributed by atoms with van der Waals surface area (Å²) in [7, 11) is 0. The number of anilines is 1. The molecular formula is C22H18ClN3. The molecule has 0 aliphatic heterocycles. The zero-order valence-corrected chi connectivity index (χ0v) is 14.9.